The van der Waals surface area contributed by atoms with Gasteiger partial charge in [-0.1, -0.05) is 23.2 Å². The van der Waals surface area contributed by atoms with Crippen LogP contribution in [0.2, 0.25) is 10.0 Å². The number of nitrogens with zero attached hydrogens (tertiary/aromatic N) is 1. The molecule has 1 aliphatic rings. The van der Waals surface area contributed by atoms with Crippen LogP contribution in [0.25, 0.3) is 0 Å². The summed E-state index contributed by atoms with van der Waals surface area (Å²) in [5, 5.41) is 21.8. The van der Waals surface area contributed by atoms with Crippen LogP contribution in [0.15, 0.2) is 12.1 Å². The van der Waals surface area contributed by atoms with Gasteiger partial charge in [0.05, 0.1) is 26.4 Å². The van der Waals surface area contributed by atoms with Crippen LogP contribution in [0.3, 0.4) is 0 Å². The number of hydrogen-bond acceptors (Lipinski definition) is 4. The summed E-state index contributed by atoms with van der Waals surface area (Å²) in [6, 6.07) is 1.83. The average Bonchev–Trinajstić information content (AvgIpc) is 2.31. The number of benzene rings is 1. The number of carboxylic acid groups (broad SMARTS) is 1. The lowest BCUT2D eigenvalue weighted by Crippen LogP contribution is -2.46. The molecule has 1 saturated carbocycles. The topological polar surface area (TPSA) is 110 Å². The Morgan fingerprint density at radius 1 is 1.29 bits per heavy atom. The van der Waals surface area contributed by atoms with Gasteiger partial charge in [0, 0.05) is 18.2 Å². The number of nitro benzene ring substituents is 1. The molecule has 1 aromatic rings. The van der Waals surface area contributed by atoms with Crippen molar-refractivity contribution in [1.82, 2.24) is 5.32 Å². The van der Waals surface area contributed by atoms with Gasteiger partial charge in [-0.15, -0.1) is 0 Å². The van der Waals surface area contributed by atoms with Gasteiger partial charge in [0.2, 0.25) is 0 Å². The molecule has 0 atom stereocenters. The highest BCUT2D eigenvalue weighted by Crippen LogP contribution is 2.32. The molecule has 0 heterocycles. The quantitative estimate of drug-likeness (QED) is 0.650. The summed E-state index contributed by atoms with van der Waals surface area (Å²) in [4.78, 5) is 32.7. The Labute approximate surface area is 129 Å². The fourth-order valence-corrected chi connectivity index (χ4v) is 2.72. The Hall–Kier alpha value is -1.86. The third-order valence-electron chi connectivity index (χ3n) is 3.29. The largest absolute Gasteiger partial charge is 0.481 e. The molecule has 0 spiro atoms. The van der Waals surface area contributed by atoms with Crippen molar-refractivity contribution in [3.63, 3.8) is 0 Å². The fraction of sp³-hybridized carbons (Fsp3) is 0.333. The summed E-state index contributed by atoms with van der Waals surface area (Å²) < 4.78 is 0. The van der Waals surface area contributed by atoms with Crippen molar-refractivity contribution in [2.45, 2.75) is 18.9 Å². The lowest BCUT2D eigenvalue weighted by molar-refractivity contribution is -0.384. The van der Waals surface area contributed by atoms with Crippen LogP contribution in [0.5, 0.6) is 0 Å². The number of carboxylic acids is 1. The molecule has 2 N–H and O–H groups in total. The number of amides is 1. The molecule has 0 aromatic heterocycles. The van der Waals surface area contributed by atoms with Crippen molar-refractivity contribution >= 4 is 40.8 Å². The van der Waals surface area contributed by atoms with E-state index in [1.54, 1.807) is 0 Å². The molecule has 1 fully saturated rings. The van der Waals surface area contributed by atoms with Crippen LogP contribution >= 0.6 is 23.2 Å². The molecule has 7 nitrogen and oxygen atoms in total. The molecule has 0 bridgehead atoms. The highest BCUT2D eigenvalue weighted by Gasteiger charge is 2.36. The van der Waals surface area contributed by atoms with E-state index in [1.165, 1.54) is 0 Å². The Bertz CT molecular complexity index is 605. The molecule has 0 saturated heterocycles. The zero-order valence-electron chi connectivity index (χ0n) is 10.5. The second kappa shape index (κ2) is 5.87. The van der Waals surface area contributed by atoms with Gasteiger partial charge in [-0.05, 0) is 12.8 Å². The van der Waals surface area contributed by atoms with E-state index in [9.17, 15) is 19.7 Å². The minimum atomic E-state index is -0.896. The first-order valence-corrected chi connectivity index (χ1v) is 6.72. The van der Waals surface area contributed by atoms with Gasteiger partial charge in [0.25, 0.3) is 11.6 Å². The van der Waals surface area contributed by atoms with E-state index in [4.69, 9.17) is 28.3 Å². The number of halogens is 2. The summed E-state index contributed by atoms with van der Waals surface area (Å²) in [7, 11) is 0. The number of carbonyl (C=O) groups is 2. The van der Waals surface area contributed by atoms with E-state index >= 15 is 0 Å². The standard InChI is InChI=1S/C12H10Cl2N2O5/c13-8-3-7(16(20)21)4-9(14)10(8)11(17)15-6-1-5(2-6)12(18)19/h3-6H,1-2H2,(H,15,17)(H,18,19). The second-order valence-electron chi connectivity index (χ2n) is 4.72. The summed E-state index contributed by atoms with van der Waals surface area (Å²) in [6.45, 7) is 0. The van der Waals surface area contributed by atoms with Gasteiger partial charge in [0.1, 0.15) is 0 Å². The van der Waals surface area contributed by atoms with Gasteiger partial charge in [-0.2, -0.15) is 0 Å². The van der Waals surface area contributed by atoms with Crippen LogP contribution in [-0.2, 0) is 4.79 Å². The molecule has 1 aromatic carbocycles. The maximum Gasteiger partial charge on any atom is 0.306 e. The average molecular weight is 333 g/mol. The van der Waals surface area contributed by atoms with Gasteiger partial charge >= 0.3 is 5.97 Å². The highest BCUT2D eigenvalue weighted by molar-refractivity contribution is 6.40. The van der Waals surface area contributed by atoms with E-state index in [0.29, 0.717) is 12.8 Å². The van der Waals surface area contributed by atoms with Gasteiger partial charge < -0.3 is 10.4 Å². The molecular weight excluding hydrogens is 323 g/mol. The number of nitrogens with one attached hydrogen (secondary N) is 1. The minimum Gasteiger partial charge on any atom is -0.481 e. The van der Waals surface area contributed by atoms with E-state index < -0.39 is 22.7 Å². The van der Waals surface area contributed by atoms with E-state index in [0.717, 1.165) is 12.1 Å². The van der Waals surface area contributed by atoms with Crippen molar-refractivity contribution in [2.24, 2.45) is 5.92 Å². The summed E-state index contributed by atoms with van der Waals surface area (Å²) in [5.41, 5.74) is -0.362. The van der Waals surface area contributed by atoms with Crippen LogP contribution in [-0.4, -0.2) is 27.9 Å². The van der Waals surface area contributed by atoms with Crippen molar-refractivity contribution in [3.05, 3.63) is 37.9 Å². The minimum absolute atomic E-state index is 0.0530. The van der Waals surface area contributed by atoms with Crippen molar-refractivity contribution in [1.29, 1.82) is 0 Å². The van der Waals surface area contributed by atoms with Crippen LogP contribution in [0, 0.1) is 16.0 Å². The molecule has 1 amide bonds. The molecule has 0 aliphatic heterocycles. The first-order chi connectivity index (χ1) is 9.79. The zero-order valence-corrected chi connectivity index (χ0v) is 12.0. The van der Waals surface area contributed by atoms with Crippen LogP contribution in [0.1, 0.15) is 23.2 Å². The molecule has 112 valence electrons. The lowest BCUT2D eigenvalue weighted by Gasteiger charge is -2.32. The Balaban J connectivity index is 2.10. The Morgan fingerprint density at radius 3 is 2.24 bits per heavy atom. The highest BCUT2D eigenvalue weighted by atomic mass is 35.5. The van der Waals surface area contributed by atoms with Crippen molar-refractivity contribution in [3.8, 4) is 0 Å². The van der Waals surface area contributed by atoms with Gasteiger partial charge in [0.15, 0.2) is 0 Å². The first kappa shape index (κ1) is 15.5. The maximum atomic E-state index is 12.0. The predicted molar refractivity (Wildman–Crippen MR) is 74.7 cm³/mol. The second-order valence-corrected chi connectivity index (χ2v) is 5.53. The van der Waals surface area contributed by atoms with E-state index in [-0.39, 0.29) is 27.3 Å². The molecule has 9 heteroatoms. The molecule has 0 radical (unpaired) electrons. The fourth-order valence-electron chi connectivity index (χ4n) is 2.08. The molecule has 21 heavy (non-hydrogen) atoms. The normalized spacial score (nSPS) is 20.5. The smallest absolute Gasteiger partial charge is 0.306 e. The van der Waals surface area contributed by atoms with E-state index in [1.807, 2.05) is 0 Å². The Morgan fingerprint density at radius 2 is 1.81 bits per heavy atom. The maximum absolute atomic E-state index is 12.0. The number of aliphatic carboxylic acids is 1. The number of hydrogen-bond donors (Lipinski definition) is 2. The lowest BCUT2D eigenvalue weighted by atomic mass is 9.80. The third-order valence-corrected chi connectivity index (χ3v) is 3.88. The van der Waals surface area contributed by atoms with Crippen molar-refractivity contribution < 1.29 is 19.6 Å². The molecule has 0 unspecified atom stereocenters. The van der Waals surface area contributed by atoms with Gasteiger partial charge in [-0.25, -0.2) is 0 Å². The number of non-ortho nitro benzene ring substituents is 1. The van der Waals surface area contributed by atoms with Gasteiger partial charge in [-0.3, -0.25) is 19.7 Å². The van der Waals surface area contributed by atoms with Crippen molar-refractivity contribution in [2.75, 3.05) is 0 Å². The Kier molecular flexibility index (Phi) is 4.34. The predicted octanol–water partition coefficient (Wildman–Crippen LogP) is 2.49. The zero-order chi connectivity index (χ0) is 15.7. The summed E-state index contributed by atoms with van der Waals surface area (Å²) >= 11 is 11.7. The molecular formula is C12H10Cl2N2O5. The monoisotopic (exact) mass is 332 g/mol. The summed E-state index contributed by atoms with van der Waals surface area (Å²) in [5.74, 6) is -1.93. The first-order valence-electron chi connectivity index (χ1n) is 5.96. The number of nitro groups is 1. The van der Waals surface area contributed by atoms with E-state index in [2.05, 4.69) is 5.32 Å². The SMILES string of the molecule is O=C(NC1CC(C(=O)O)C1)c1c(Cl)cc([N+](=O)[O-])cc1Cl. The summed E-state index contributed by atoms with van der Waals surface area (Å²) in [6.07, 6.45) is 0.673. The molecule has 1 aliphatic carbocycles. The van der Waals surface area contributed by atoms with Crippen LogP contribution in [0.4, 0.5) is 5.69 Å². The molecule has 2 rings (SSSR count). The number of carbonyl (C=O) groups excluding carboxylic acids is 1. The van der Waals surface area contributed by atoms with Crippen LogP contribution < -0.4 is 5.32 Å². The third kappa shape index (κ3) is 3.25. The number of rotatable bonds is 4.